The number of carbonyl (C=O) groups is 4. The van der Waals surface area contributed by atoms with Gasteiger partial charge < -0.3 is 30.7 Å². The number of ketones is 1. The summed E-state index contributed by atoms with van der Waals surface area (Å²) in [5.74, 6) is -3.09. The summed E-state index contributed by atoms with van der Waals surface area (Å²) in [6.07, 6.45) is -3.44. The molecule has 0 bridgehead atoms. The number of carbonyl (C=O) groups excluding carboxylic acids is 4. The van der Waals surface area contributed by atoms with Crippen molar-refractivity contribution < 1.29 is 41.8 Å². The van der Waals surface area contributed by atoms with Crippen molar-refractivity contribution in [3.8, 4) is 28.3 Å². The lowest BCUT2D eigenvalue weighted by Gasteiger charge is -2.19. The Labute approximate surface area is 370 Å². The molecule has 0 aliphatic heterocycles. The Morgan fingerprint density at radius 2 is 1.34 bits per heavy atom. The minimum atomic E-state index is -4.64. The van der Waals surface area contributed by atoms with Gasteiger partial charge in [-0.1, -0.05) is 103 Å². The van der Waals surface area contributed by atoms with Gasteiger partial charge in [0.05, 0.1) is 12.6 Å². The minimum Gasteiger partial charge on any atom is -0.467 e. The van der Waals surface area contributed by atoms with Crippen LogP contribution in [0.5, 0.6) is 6.01 Å². The zero-order valence-electron chi connectivity index (χ0n) is 34.2. The number of halogens is 4. The molecule has 13 nitrogen and oxygen atoms in total. The van der Waals surface area contributed by atoms with Crippen LogP contribution in [0.2, 0.25) is 5.02 Å². The van der Waals surface area contributed by atoms with Gasteiger partial charge in [0, 0.05) is 29.2 Å². The topological polar surface area (TPSA) is 174 Å². The molecule has 0 unspecified atom stereocenters. The molecule has 5 aromatic carbocycles. The van der Waals surface area contributed by atoms with Crippen molar-refractivity contribution in [3.63, 3.8) is 0 Å². The van der Waals surface area contributed by atoms with Gasteiger partial charge in [0.15, 0.2) is 6.61 Å². The Morgan fingerprint density at radius 3 is 1.94 bits per heavy atom. The largest absolute Gasteiger partial charge is 0.467 e. The number of ether oxygens (including phenoxy) is 2. The number of hydrogen-bond acceptors (Lipinski definition) is 11. The lowest BCUT2D eigenvalue weighted by molar-refractivity contribution is -0.154. The number of benzene rings is 5. The van der Waals surface area contributed by atoms with Crippen molar-refractivity contribution >= 4 is 52.8 Å². The van der Waals surface area contributed by atoms with Crippen LogP contribution in [-0.4, -0.2) is 71.0 Å². The van der Waals surface area contributed by atoms with Crippen LogP contribution in [0.15, 0.2) is 127 Å². The molecule has 1 aliphatic carbocycles. The second-order valence-corrected chi connectivity index (χ2v) is 15.4. The molecule has 6 aromatic rings. The molecule has 4 N–H and O–H groups in total. The summed E-state index contributed by atoms with van der Waals surface area (Å²) in [4.78, 5) is 63.7. The highest BCUT2D eigenvalue weighted by molar-refractivity contribution is 6.36. The molecule has 64 heavy (non-hydrogen) atoms. The maximum atomic E-state index is 13.2. The van der Waals surface area contributed by atoms with E-state index in [1.807, 2.05) is 78.9 Å². The third kappa shape index (κ3) is 12.0. The zero-order valence-corrected chi connectivity index (χ0v) is 35.0. The molecule has 328 valence electrons. The summed E-state index contributed by atoms with van der Waals surface area (Å²) in [5.41, 5.74) is 5.66. The Balaban J connectivity index is 0.915. The van der Waals surface area contributed by atoms with E-state index in [0.717, 1.165) is 34.9 Å². The molecule has 2 amide bonds. The first-order valence-electron chi connectivity index (χ1n) is 20.1. The molecule has 1 heterocycles. The predicted molar refractivity (Wildman–Crippen MR) is 234 cm³/mol. The van der Waals surface area contributed by atoms with Gasteiger partial charge in [-0.2, -0.15) is 28.1 Å². The van der Waals surface area contributed by atoms with Crippen LogP contribution in [0, 0.1) is 0 Å². The maximum absolute atomic E-state index is 13.2. The van der Waals surface area contributed by atoms with Gasteiger partial charge in [0.2, 0.25) is 17.7 Å². The van der Waals surface area contributed by atoms with Crippen LogP contribution in [0.3, 0.4) is 0 Å². The summed E-state index contributed by atoms with van der Waals surface area (Å²) >= 11 is 6.05. The highest BCUT2D eigenvalue weighted by atomic mass is 35.5. The lowest BCUT2D eigenvalue weighted by Crippen LogP contribution is -2.44. The van der Waals surface area contributed by atoms with Gasteiger partial charge >= 0.3 is 18.2 Å². The van der Waals surface area contributed by atoms with Crippen LogP contribution in [0.1, 0.15) is 40.7 Å². The maximum Gasteiger partial charge on any atom is 0.422 e. The Bertz CT molecular complexity index is 2600. The first-order chi connectivity index (χ1) is 30.8. The number of rotatable bonds is 18. The van der Waals surface area contributed by atoms with Gasteiger partial charge in [-0.3, -0.25) is 14.4 Å². The number of hydrogen-bond donors (Lipinski definition) is 4. The Morgan fingerprint density at radius 1 is 0.750 bits per heavy atom. The van der Waals surface area contributed by atoms with Crippen molar-refractivity contribution in [1.82, 2.24) is 25.6 Å². The van der Waals surface area contributed by atoms with Crippen molar-refractivity contribution in [2.24, 2.45) is 0 Å². The summed E-state index contributed by atoms with van der Waals surface area (Å²) in [6, 6.07) is 36.8. The van der Waals surface area contributed by atoms with Crippen molar-refractivity contribution in [2.45, 2.75) is 43.4 Å². The number of aromatic nitrogens is 3. The zero-order chi connectivity index (χ0) is 45.3. The van der Waals surface area contributed by atoms with Gasteiger partial charge in [-0.15, -0.1) is 0 Å². The highest BCUT2D eigenvalue weighted by Gasteiger charge is 2.45. The second-order valence-electron chi connectivity index (χ2n) is 14.9. The third-order valence-corrected chi connectivity index (χ3v) is 10.5. The fourth-order valence-corrected chi connectivity index (χ4v) is 6.86. The Kier molecular flexibility index (Phi) is 13.8. The molecular weight excluding hydrogens is 851 g/mol. The fourth-order valence-electron chi connectivity index (χ4n) is 6.73. The SMILES string of the molecule is COC(=O)[C@H](CCNC(=O)C(=O)Cc1ccc(-c2ccc(-c3ccccc3)cc2)cc1)NC(=O)c1ccc(Nc2nc(NC3(c4ccc(Cl)cc4)CC3)nc(OCC(F)(F)F)n2)cc1. The fraction of sp³-hybridized carbons (Fsp3) is 0.213. The average Bonchev–Trinajstić information content (AvgIpc) is 4.08. The molecule has 1 aliphatic rings. The van der Waals surface area contributed by atoms with Crippen LogP contribution in [0.25, 0.3) is 22.3 Å². The molecule has 1 fully saturated rings. The summed E-state index contributed by atoms with van der Waals surface area (Å²) in [5, 5.41) is 11.7. The van der Waals surface area contributed by atoms with Gasteiger partial charge in [0.25, 0.3) is 11.8 Å². The van der Waals surface area contributed by atoms with E-state index in [9.17, 15) is 32.3 Å². The Hall–Kier alpha value is -7.33. The van der Waals surface area contributed by atoms with E-state index in [4.69, 9.17) is 21.1 Å². The van der Waals surface area contributed by atoms with Crippen LogP contribution >= 0.6 is 11.6 Å². The molecule has 17 heteroatoms. The summed E-state index contributed by atoms with van der Waals surface area (Å²) in [7, 11) is 1.15. The summed E-state index contributed by atoms with van der Waals surface area (Å²) < 4.78 is 48.8. The van der Waals surface area contributed by atoms with E-state index in [2.05, 4.69) is 36.2 Å². The number of esters is 1. The molecule has 7 rings (SSSR count). The summed E-state index contributed by atoms with van der Waals surface area (Å²) in [6.45, 7) is -1.75. The first kappa shape index (κ1) is 44.7. The monoisotopic (exact) mass is 891 g/mol. The van der Waals surface area contributed by atoms with Crippen molar-refractivity contribution in [1.29, 1.82) is 0 Å². The molecule has 1 atom stereocenters. The normalized spacial score (nSPS) is 13.2. The number of Topliss-reactive ketones (excluding diaryl/α,β-unsaturated/α-hetero) is 1. The predicted octanol–water partition coefficient (Wildman–Crippen LogP) is 8.23. The first-order valence-corrected chi connectivity index (χ1v) is 20.5. The number of nitrogens with one attached hydrogen (secondary N) is 4. The second kappa shape index (κ2) is 19.8. The molecule has 0 saturated heterocycles. The number of alkyl halides is 3. The molecule has 1 saturated carbocycles. The number of nitrogens with zero attached hydrogens (tertiary/aromatic N) is 3. The van der Waals surface area contributed by atoms with E-state index in [0.29, 0.717) is 29.1 Å². The van der Waals surface area contributed by atoms with Crippen LogP contribution in [0.4, 0.5) is 30.8 Å². The average molecular weight is 892 g/mol. The number of methoxy groups -OCH3 is 1. The molecule has 0 spiro atoms. The van der Waals surface area contributed by atoms with E-state index in [-0.39, 0.29) is 36.8 Å². The van der Waals surface area contributed by atoms with Gasteiger partial charge in [0.1, 0.15) is 6.04 Å². The number of anilines is 3. The van der Waals surface area contributed by atoms with Gasteiger partial charge in [-0.05, 0) is 89.0 Å². The van der Waals surface area contributed by atoms with E-state index in [1.54, 1.807) is 24.3 Å². The van der Waals surface area contributed by atoms with Crippen LogP contribution in [-0.2, 0) is 31.1 Å². The molecular formula is C47H41ClF3N7O6. The van der Waals surface area contributed by atoms with E-state index in [1.165, 1.54) is 24.3 Å². The lowest BCUT2D eigenvalue weighted by atomic mass is 9.99. The van der Waals surface area contributed by atoms with Crippen LogP contribution < -0.4 is 26.0 Å². The third-order valence-electron chi connectivity index (χ3n) is 10.3. The smallest absolute Gasteiger partial charge is 0.422 e. The molecule has 1 aromatic heterocycles. The molecule has 0 radical (unpaired) electrons. The van der Waals surface area contributed by atoms with E-state index < -0.39 is 53.9 Å². The van der Waals surface area contributed by atoms with Crippen molar-refractivity contribution in [3.05, 3.63) is 149 Å². The highest BCUT2D eigenvalue weighted by Crippen LogP contribution is 2.48. The quantitative estimate of drug-likeness (QED) is 0.0484. The van der Waals surface area contributed by atoms with Crippen molar-refractivity contribution in [2.75, 3.05) is 30.9 Å². The minimum absolute atomic E-state index is 0.0282. The standard InChI is InChI=1S/C47H41ClF3N7O6/c1-63-42(62)38(23-26-52-41(61)39(59)27-29-7-9-31(10-8-29)33-13-11-32(12-14-33)30-5-3-2-4-6-30)54-40(60)34-15-21-37(22-16-34)53-43-55-44(57-45(56-43)64-28-47(49,50)51)58-46(24-25-46)35-17-19-36(48)20-18-35/h2-22,38H,23-28H2,1H3,(H,52,61)(H,54,60)(H2,53,55,56,57,58)/t38-/m0/s1. The van der Waals surface area contributed by atoms with Gasteiger partial charge in [-0.25, -0.2) is 4.79 Å². The van der Waals surface area contributed by atoms with E-state index >= 15 is 0 Å². The number of amides is 2.